The summed E-state index contributed by atoms with van der Waals surface area (Å²) < 4.78 is 16.5. The van der Waals surface area contributed by atoms with Gasteiger partial charge in [0.25, 0.3) is 0 Å². The van der Waals surface area contributed by atoms with Gasteiger partial charge in [-0.05, 0) is 43.2 Å². The van der Waals surface area contributed by atoms with Gasteiger partial charge in [0.2, 0.25) is 0 Å². The van der Waals surface area contributed by atoms with E-state index in [0.717, 1.165) is 34.0 Å². The van der Waals surface area contributed by atoms with Crippen LogP contribution in [0.1, 0.15) is 11.3 Å². The number of allylic oxidation sites excluding steroid dienone is 1. The first kappa shape index (κ1) is 25.3. The van der Waals surface area contributed by atoms with Gasteiger partial charge in [0.05, 0.1) is 12.7 Å². The van der Waals surface area contributed by atoms with Crippen LogP contribution in [0.5, 0.6) is 5.75 Å². The van der Waals surface area contributed by atoms with Crippen LogP contribution >= 0.6 is 0 Å². The maximum absolute atomic E-state index is 11.9. The molecule has 1 amide bonds. The van der Waals surface area contributed by atoms with Crippen LogP contribution in [-0.2, 0) is 15.9 Å². The Balaban J connectivity index is 1.87. The monoisotopic (exact) mass is 461 g/mol. The normalized spacial score (nSPS) is 12.3. The third-order valence-corrected chi connectivity index (χ3v) is 6.56. The van der Waals surface area contributed by atoms with E-state index in [9.17, 15) is 4.79 Å². The van der Waals surface area contributed by atoms with Crippen molar-refractivity contribution in [2.45, 2.75) is 39.0 Å². The second kappa shape index (κ2) is 12.2. The SMILES string of the molecule is C[NH+]=CC=C(N)OCCOc1ccc2[nH]c(C)c(CCNC(=O)OCC[Si](C)(C)C)c2c1. The molecule has 9 heteroatoms. The van der Waals surface area contributed by atoms with E-state index in [4.69, 9.17) is 19.9 Å². The molecule has 0 saturated carbocycles. The van der Waals surface area contributed by atoms with Crippen LogP contribution in [0.4, 0.5) is 4.79 Å². The maximum Gasteiger partial charge on any atom is 0.407 e. The number of H-pyrrole nitrogens is 1. The zero-order chi connectivity index (χ0) is 23.6. The molecule has 0 bridgehead atoms. The summed E-state index contributed by atoms with van der Waals surface area (Å²) in [6.45, 7) is 10.5. The standard InChI is InChI=1S/C23H36N4O4Si/c1-17-19(8-11-26-23(28)31-14-15-32(3,4)5)20-16-18(6-7-21(20)27-17)29-12-13-30-22(24)9-10-25-2/h6-7,9-10,16,27H,8,11-15,24H2,1-5H3,(H,26,28)/p+1. The number of aromatic amines is 1. The Bertz CT molecular complexity index is 947. The van der Waals surface area contributed by atoms with E-state index in [2.05, 4.69) is 34.9 Å². The minimum absolute atomic E-state index is 0.327. The smallest absolute Gasteiger partial charge is 0.407 e. The highest BCUT2D eigenvalue weighted by atomic mass is 28.3. The number of fused-ring (bicyclic) bond motifs is 1. The fraction of sp³-hybridized carbons (Fsp3) is 0.478. The zero-order valence-electron chi connectivity index (χ0n) is 19.8. The van der Waals surface area contributed by atoms with Gasteiger partial charge < -0.3 is 30.2 Å². The quantitative estimate of drug-likeness (QED) is 0.167. The predicted octanol–water partition coefficient (Wildman–Crippen LogP) is 2.06. The highest BCUT2D eigenvalue weighted by Crippen LogP contribution is 2.26. The lowest BCUT2D eigenvalue weighted by Crippen LogP contribution is -2.62. The second-order valence-corrected chi connectivity index (χ2v) is 14.4. The molecule has 32 heavy (non-hydrogen) atoms. The number of hydrogen-bond donors (Lipinski definition) is 4. The highest BCUT2D eigenvalue weighted by Gasteiger charge is 2.14. The number of carbonyl (C=O) groups is 1. The van der Waals surface area contributed by atoms with Crippen LogP contribution in [0.2, 0.25) is 25.7 Å². The minimum Gasteiger partial charge on any atom is -0.490 e. The van der Waals surface area contributed by atoms with Crippen LogP contribution in [-0.4, -0.2) is 58.8 Å². The van der Waals surface area contributed by atoms with Crippen molar-refractivity contribution in [3.8, 4) is 5.75 Å². The van der Waals surface area contributed by atoms with Gasteiger partial charge in [-0.15, -0.1) is 0 Å². The largest absolute Gasteiger partial charge is 0.490 e. The first-order valence-corrected chi connectivity index (χ1v) is 14.6. The molecule has 0 atom stereocenters. The molecule has 0 saturated heterocycles. The molecular weight excluding hydrogens is 424 g/mol. The van der Waals surface area contributed by atoms with E-state index in [-0.39, 0.29) is 6.09 Å². The molecular formula is C23H37N4O4Si+. The van der Waals surface area contributed by atoms with Gasteiger partial charge in [-0.25, -0.2) is 4.79 Å². The molecule has 176 valence electrons. The number of hydrogen-bond acceptors (Lipinski definition) is 5. The van der Waals surface area contributed by atoms with Crippen molar-refractivity contribution in [3.63, 3.8) is 0 Å². The Morgan fingerprint density at radius 1 is 1.22 bits per heavy atom. The Kier molecular flexibility index (Phi) is 9.64. The molecule has 1 heterocycles. The number of nitrogens with one attached hydrogen (secondary N) is 3. The second-order valence-electron chi connectivity index (χ2n) is 8.78. The van der Waals surface area contributed by atoms with E-state index in [0.29, 0.717) is 38.7 Å². The molecule has 1 aromatic carbocycles. The fourth-order valence-electron chi connectivity index (χ4n) is 3.10. The molecule has 1 aromatic heterocycles. The average Bonchev–Trinajstić information content (AvgIpc) is 3.03. The van der Waals surface area contributed by atoms with Crippen LogP contribution in [0.25, 0.3) is 10.9 Å². The molecule has 2 aromatic rings. The van der Waals surface area contributed by atoms with Gasteiger partial charge in [0.15, 0.2) is 12.1 Å². The lowest BCUT2D eigenvalue weighted by Gasteiger charge is -2.15. The van der Waals surface area contributed by atoms with E-state index in [1.807, 2.05) is 25.1 Å². The average molecular weight is 462 g/mol. The van der Waals surface area contributed by atoms with E-state index in [1.165, 1.54) is 0 Å². The number of carbonyl (C=O) groups excluding carboxylic acids is 1. The van der Waals surface area contributed by atoms with E-state index >= 15 is 0 Å². The summed E-state index contributed by atoms with van der Waals surface area (Å²) in [6.07, 6.45) is 3.69. The fourth-order valence-corrected chi connectivity index (χ4v) is 3.81. The Morgan fingerprint density at radius 2 is 2.00 bits per heavy atom. The van der Waals surface area contributed by atoms with Crippen LogP contribution in [0.3, 0.4) is 0 Å². The van der Waals surface area contributed by atoms with Crippen LogP contribution in [0, 0.1) is 6.92 Å². The summed E-state index contributed by atoms with van der Waals surface area (Å²) in [6, 6.07) is 6.89. The van der Waals surface area contributed by atoms with Gasteiger partial charge >= 0.3 is 6.09 Å². The van der Waals surface area contributed by atoms with Gasteiger partial charge in [0.1, 0.15) is 26.0 Å². The van der Waals surface area contributed by atoms with Gasteiger partial charge in [-0.3, -0.25) is 4.99 Å². The number of ether oxygens (including phenoxy) is 3. The van der Waals surface area contributed by atoms with Crippen molar-refractivity contribution in [1.82, 2.24) is 10.3 Å². The maximum atomic E-state index is 11.9. The minimum atomic E-state index is -1.21. The number of benzene rings is 1. The number of amides is 1. The Morgan fingerprint density at radius 3 is 2.72 bits per heavy atom. The molecule has 8 nitrogen and oxygen atoms in total. The summed E-state index contributed by atoms with van der Waals surface area (Å²) in [4.78, 5) is 18.2. The highest BCUT2D eigenvalue weighted by molar-refractivity contribution is 6.76. The molecule has 0 aliphatic heterocycles. The van der Waals surface area contributed by atoms with Gasteiger partial charge in [0, 0.05) is 31.2 Å². The molecule has 5 N–H and O–H groups in total. The lowest BCUT2D eigenvalue weighted by atomic mass is 10.1. The first-order chi connectivity index (χ1) is 15.2. The summed E-state index contributed by atoms with van der Waals surface area (Å²) in [7, 11) is 0.581. The number of rotatable bonds is 12. The van der Waals surface area contributed by atoms with Crippen molar-refractivity contribution >= 4 is 31.3 Å². The molecule has 0 aliphatic carbocycles. The van der Waals surface area contributed by atoms with Crippen molar-refractivity contribution < 1.29 is 24.0 Å². The molecule has 0 unspecified atom stereocenters. The third kappa shape index (κ3) is 8.66. The molecule has 2 rings (SSSR count). The summed E-state index contributed by atoms with van der Waals surface area (Å²) in [5.74, 6) is 1.08. The summed E-state index contributed by atoms with van der Waals surface area (Å²) in [5.41, 5.74) is 8.98. The lowest BCUT2D eigenvalue weighted by molar-refractivity contribution is -0.413. The number of aromatic nitrogens is 1. The Hall–Kier alpha value is -2.94. The van der Waals surface area contributed by atoms with Gasteiger partial charge in [-0.1, -0.05) is 19.6 Å². The molecule has 0 radical (unpaired) electrons. The van der Waals surface area contributed by atoms with Crippen molar-refractivity contribution in [3.05, 3.63) is 41.4 Å². The molecule has 0 fully saturated rings. The summed E-state index contributed by atoms with van der Waals surface area (Å²) in [5, 5.41) is 3.93. The van der Waals surface area contributed by atoms with Crippen LogP contribution < -0.4 is 20.8 Å². The summed E-state index contributed by atoms with van der Waals surface area (Å²) >= 11 is 0. The number of nitrogens with two attached hydrogens (primary N) is 1. The number of aryl methyl sites for hydroxylation is 1. The van der Waals surface area contributed by atoms with Gasteiger partial charge in [-0.2, -0.15) is 0 Å². The number of alkyl carbamates (subject to hydrolysis) is 1. The zero-order valence-corrected chi connectivity index (χ0v) is 20.8. The van der Waals surface area contributed by atoms with Crippen molar-refractivity contribution in [2.24, 2.45) is 5.73 Å². The predicted molar refractivity (Wildman–Crippen MR) is 131 cm³/mol. The van der Waals surface area contributed by atoms with Crippen LogP contribution in [0.15, 0.2) is 30.2 Å². The topological polar surface area (TPSA) is 113 Å². The van der Waals surface area contributed by atoms with E-state index in [1.54, 1.807) is 19.3 Å². The van der Waals surface area contributed by atoms with Crippen molar-refractivity contribution in [2.75, 3.05) is 33.4 Å². The molecule has 0 aliphatic rings. The molecule has 0 spiro atoms. The third-order valence-electron chi connectivity index (χ3n) is 4.86. The first-order valence-electron chi connectivity index (χ1n) is 10.9. The Labute approximate surface area is 191 Å². The van der Waals surface area contributed by atoms with E-state index < -0.39 is 8.07 Å². The van der Waals surface area contributed by atoms with Crippen molar-refractivity contribution in [1.29, 1.82) is 0 Å².